The lowest BCUT2D eigenvalue weighted by atomic mass is 10.2. The summed E-state index contributed by atoms with van der Waals surface area (Å²) in [6.07, 6.45) is 0. The molecular formula is C20H14N4OS. The average molecular weight is 358 g/mol. The van der Waals surface area contributed by atoms with Gasteiger partial charge in [-0.2, -0.15) is 0 Å². The molecule has 0 radical (unpaired) electrons. The van der Waals surface area contributed by atoms with Crippen LogP contribution in [-0.2, 0) is 0 Å². The number of rotatable bonds is 3. The number of para-hydroxylation sites is 1. The molecule has 0 fully saturated rings. The SMILES string of the molecule is COc1ccc2c(c1)nnn2-c1ccc(-c2nc3ccccc3s2)cc1. The van der Waals surface area contributed by atoms with Gasteiger partial charge >= 0.3 is 0 Å². The minimum absolute atomic E-state index is 0.774. The number of hydrogen-bond donors (Lipinski definition) is 0. The zero-order chi connectivity index (χ0) is 17.5. The Bertz CT molecular complexity index is 1190. The summed E-state index contributed by atoms with van der Waals surface area (Å²) < 4.78 is 8.27. The summed E-state index contributed by atoms with van der Waals surface area (Å²) in [6.45, 7) is 0. The minimum atomic E-state index is 0.774. The number of aromatic nitrogens is 4. The van der Waals surface area contributed by atoms with E-state index in [1.165, 1.54) is 4.70 Å². The van der Waals surface area contributed by atoms with E-state index in [-0.39, 0.29) is 0 Å². The topological polar surface area (TPSA) is 52.8 Å². The van der Waals surface area contributed by atoms with Gasteiger partial charge in [0.1, 0.15) is 16.3 Å². The smallest absolute Gasteiger partial charge is 0.124 e. The summed E-state index contributed by atoms with van der Waals surface area (Å²) in [4.78, 5) is 4.71. The molecule has 5 rings (SSSR count). The Morgan fingerprint density at radius 2 is 1.77 bits per heavy atom. The van der Waals surface area contributed by atoms with Gasteiger partial charge in [0, 0.05) is 11.6 Å². The van der Waals surface area contributed by atoms with Crippen molar-refractivity contribution in [3.05, 3.63) is 66.7 Å². The van der Waals surface area contributed by atoms with Gasteiger partial charge in [0.25, 0.3) is 0 Å². The monoisotopic (exact) mass is 358 g/mol. The average Bonchev–Trinajstić information content (AvgIpc) is 3.31. The van der Waals surface area contributed by atoms with Gasteiger partial charge in [-0.1, -0.05) is 17.3 Å². The number of nitrogens with zero attached hydrogens (tertiary/aromatic N) is 4. The normalized spacial score (nSPS) is 11.3. The zero-order valence-corrected chi connectivity index (χ0v) is 14.8. The van der Waals surface area contributed by atoms with Crippen LogP contribution in [-0.4, -0.2) is 27.1 Å². The second kappa shape index (κ2) is 5.93. The predicted molar refractivity (Wildman–Crippen MR) is 104 cm³/mol. The van der Waals surface area contributed by atoms with Gasteiger partial charge in [0.05, 0.1) is 28.5 Å². The molecule has 5 nitrogen and oxygen atoms in total. The standard InChI is InChI=1S/C20H14N4OS/c1-25-15-10-11-18-17(12-15)22-23-24(18)14-8-6-13(7-9-14)20-21-16-4-2-3-5-19(16)26-20/h2-12H,1H3. The first-order valence-electron chi connectivity index (χ1n) is 8.18. The van der Waals surface area contributed by atoms with Crippen LogP contribution in [0.2, 0.25) is 0 Å². The molecule has 0 spiro atoms. The maximum Gasteiger partial charge on any atom is 0.124 e. The van der Waals surface area contributed by atoms with Crippen LogP contribution in [0.3, 0.4) is 0 Å². The molecule has 0 N–H and O–H groups in total. The molecule has 0 aliphatic heterocycles. The number of ether oxygens (including phenoxy) is 1. The van der Waals surface area contributed by atoms with Gasteiger partial charge in [-0.05, 0) is 48.5 Å². The second-order valence-electron chi connectivity index (χ2n) is 5.89. The van der Waals surface area contributed by atoms with Crippen LogP contribution in [0.25, 0.3) is 37.5 Å². The first kappa shape index (κ1) is 15.0. The fourth-order valence-electron chi connectivity index (χ4n) is 2.96. The van der Waals surface area contributed by atoms with Crippen LogP contribution in [0.5, 0.6) is 5.75 Å². The van der Waals surface area contributed by atoms with E-state index >= 15 is 0 Å². The fourth-order valence-corrected chi connectivity index (χ4v) is 3.93. The van der Waals surface area contributed by atoms with Crippen molar-refractivity contribution in [1.29, 1.82) is 0 Å². The Morgan fingerprint density at radius 1 is 0.923 bits per heavy atom. The third kappa shape index (κ3) is 2.43. The molecule has 5 aromatic rings. The van der Waals surface area contributed by atoms with E-state index in [0.717, 1.165) is 38.6 Å². The highest BCUT2D eigenvalue weighted by Gasteiger charge is 2.09. The van der Waals surface area contributed by atoms with Gasteiger partial charge in [0.15, 0.2) is 0 Å². The van der Waals surface area contributed by atoms with Crippen molar-refractivity contribution in [2.45, 2.75) is 0 Å². The largest absolute Gasteiger partial charge is 0.497 e. The Kier molecular flexibility index (Phi) is 3.43. The number of thiazole rings is 1. The van der Waals surface area contributed by atoms with E-state index in [1.54, 1.807) is 18.4 Å². The van der Waals surface area contributed by atoms with Crippen LogP contribution in [0, 0.1) is 0 Å². The summed E-state index contributed by atoms with van der Waals surface area (Å²) in [6, 6.07) is 22.2. The maximum absolute atomic E-state index is 5.24. The zero-order valence-electron chi connectivity index (χ0n) is 14.0. The summed E-state index contributed by atoms with van der Waals surface area (Å²) >= 11 is 1.70. The van der Waals surface area contributed by atoms with Crippen LogP contribution in [0.1, 0.15) is 0 Å². The summed E-state index contributed by atoms with van der Waals surface area (Å²) in [5.41, 5.74) is 4.84. The van der Waals surface area contributed by atoms with Crippen molar-refractivity contribution in [2.24, 2.45) is 0 Å². The molecule has 0 bridgehead atoms. The van der Waals surface area contributed by atoms with Crippen molar-refractivity contribution < 1.29 is 4.74 Å². The number of methoxy groups -OCH3 is 1. The molecule has 6 heteroatoms. The van der Waals surface area contributed by atoms with Crippen LogP contribution >= 0.6 is 11.3 Å². The van der Waals surface area contributed by atoms with Crippen molar-refractivity contribution >= 4 is 32.6 Å². The van der Waals surface area contributed by atoms with Crippen molar-refractivity contribution in [2.75, 3.05) is 7.11 Å². The summed E-state index contributed by atoms with van der Waals surface area (Å²) in [5, 5.41) is 9.53. The third-order valence-corrected chi connectivity index (χ3v) is 5.39. The molecule has 2 heterocycles. The molecule has 0 atom stereocenters. The Balaban J connectivity index is 1.53. The van der Waals surface area contributed by atoms with Gasteiger partial charge in [0.2, 0.25) is 0 Å². The lowest BCUT2D eigenvalue weighted by molar-refractivity contribution is 0.415. The first-order valence-corrected chi connectivity index (χ1v) is 8.99. The van der Waals surface area contributed by atoms with E-state index in [4.69, 9.17) is 9.72 Å². The van der Waals surface area contributed by atoms with E-state index in [9.17, 15) is 0 Å². The van der Waals surface area contributed by atoms with Gasteiger partial charge in [-0.15, -0.1) is 16.4 Å². The Hall–Kier alpha value is -3.25. The lowest BCUT2D eigenvalue weighted by Gasteiger charge is -2.04. The molecule has 0 amide bonds. The first-order chi connectivity index (χ1) is 12.8. The van der Waals surface area contributed by atoms with Gasteiger partial charge in [-0.3, -0.25) is 0 Å². The molecule has 0 unspecified atom stereocenters. The van der Waals surface area contributed by atoms with E-state index in [0.29, 0.717) is 0 Å². The van der Waals surface area contributed by atoms with E-state index in [1.807, 2.05) is 53.2 Å². The maximum atomic E-state index is 5.24. The van der Waals surface area contributed by atoms with Crippen LogP contribution < -0.4 is 4.74 Å². The van der Waals surface area contributed by atoms with Crippen molar-refractivity contribution in [3.8, 4) is 22.0 Å². The van der Waals surface area contributed by atoms with Crippen molar-refractivity contribution in [1.82, 2.24) is 20.0 Å². The van der Waals surface area contributed by atoms with Crippen LogP contribution in [0.15, 0.2) is 66.7 Å². The Morgan fingerprint density at radius 3 is 2.58 bits per heavy atom. The molecule has 0 aliphatic carbocycles. The highest BCUT2D eigenvalue weighted by Crippen LogP contribution is 2.30. The molecule has 26 heavy (non-hydrogen) atoms. The Labute approximate surface area is 153 Å². The summed E-state index contributed by atoms with van der Waals surface area (Å²) in [5.74, 6) is 0.774. The van der Waals surface area contributed by atoms with Crippen LogP contribution in [0.4, 0.5) is 0 Å². The number of benzene rings is 3. The quantitative estimate of drug-likeness (QED) is 0.469. The molecule has 0 saturated heterocycles. The molecular weight excluding hydrogens is 344 g/mol. The van der Waals surface area contributed by atoms with Gasteiger partial charge < -0.3 is 4.74 Å². The predicted octanol–water partition coefficient (Wildman–Crippen LogP) is 4.71. The number of hydrogen-bond acceptors (Lipinski definition) is 5. The van der Waals surface area contributed by atoms with Gasteiger partial charge in [-0.25, -0.2) is 9.67 Å². The van der Waals surface area contributed by atoms with Crippen molar-refractivity contribution in [3.63, 3.8) is 0 Å². The third-order valence-electron chi connectivity index (χ3n) is 4.31. The van der Waals surface area contributed by atoms with E-state index < -0.39 is 0 Å². The lowest BCUT2D eigenvalue weighted by Crippen LogP contribution is -1.96. The molecule has 2 aromatic heterocycles. The summed E-state index contributed by atoms with van der Waals surface area (Å²) in [7, 11) is 1.65. The number of fused-ring (bicyclic) bond motifs is 2. The molecule has 0 saturated carbocycles. The molecule has 0 aliphatic rings. The molecule has 126 valence electrons. The second-order valence-corrected chi connectivity index (χ2v) is 6.92. The minimum Gasteiger partial charge on any atom is -0.497 e. The highest BCUT2D eigenvalue weighted by molar-refractivity contribution is 7.21. The highest BCUT2D eigenvalue weighted by atomic mass is 32.1. The molecule has 3 aromatic carbocycles. The fraction of sp³-hybridized carbons (Fsp3) is 0.0500. The van der Waals surface area contributed by atoms with E-state index in [2.05, 4.69) is 28.5 Å².